The van der Waals surface area contributed by atoms with Crippen LogP contribution in [0.4, 0.5) is 0 Å². The lowest BCUT2D eigenvalue weighted by atomic mass is 10.1. The van der Waals surface area contributed by atoms with Gasteiger partial charge >= 0.3 is 0 Å². The Bertz CT molecular complexity index is 558. The van der Waals surface area contributed by atoms with Gasteiger partial charge in [0.25, 0.3) is 0 Å². The minimum Gasteiger partial charge on any atom is -0.469 e. The highest BCUT2D eigenvalue weighted by atomic mass is 16.5. The Balaban J connectivity index is 1.46. The number of guanidine groups is 1. The second kappa shape index (κ2) is 12.1. The minimum atomic E-state index is 0.602. The molecule has 158 valence electrons. The van der Waals surface area contributed by atoms with Crippen LogP contribution in [0.3, 0.4) is 0 Å². The lowest BCUT2D eigenvalue weighted by Crippen LogP contribution is -2.41. The normalized spacial score (nSPS) is 21.4. The molecule has 28 heavy (non-hydrogen) atoms. The molecule has 0 saturated carbocycles. The third-order valence-electron chi connectivity index (χ3n) is 5.38. The van der Waals surface area contributed by atoms with E-state index in [0.29, 0.717) is 5.92 Å². The van der Waals surface area contributed by atoms with Gasteiger partial charge in [0.15, 0.2) is 5.96 Å². The molecule has 2 aliphatic heterocycles. The van der Waals surface area contributed by atoms with Gasteiger partial charge in [0, 0.05) is 64.8 Å². The standard InChI is InChI=1S/C21H36N4O3/c1-2-26-18-19-7-11-25(17-19)21(23-9-6-20-5-3-14-28-20)22-8-4-10-24-12-15-27-16-13-24/h3,5,14,19H,2,4,6-13,15-18H2,1H3,(H,22,23). The van der Waals surface area contributed by atoms with E-state index in [1.807, 2.05) is 12.1 Å². The lowest BCUT2D eigenvalue weighted by molar-refractivity contribution is 0.0377. The molecule has 1 atom stereocenters. The fourth-order valence-corrected chi connectivity index (χ4v) is 3.77. The lowest BCUT2D eigenvalue weighted by Gasteiger charge is -2.26. The molecule has 2 saturated heterocycles. The Morgan fingerprint density at radius 1 is 1.32 bits per heavy atom. The molecular formula is C21H36N4O3. The molecule has 3 heterocycles. The van der Waals surface area contributed by atoms with Crippen molar-refractivity contribution in [1.29, 1.82) is 0 Å². The molecule has 1 aromatic rings. The molecular weight excluding hydrogens is 356 g/mol. The van der Waals surface area contributed by atoms with Crippen molar-refractivity contribution in [3.63, 3.8) is 0 Å². The summed E-state index contributed by atoms with van der Waals surface area (Å²) in [7, 11) is 0. The third kappa shape index (κ3) is 7.11. The van der Waals surface area contributed by atoms with Crippen LogP contribution < -0.4 is 5.32 Å². The second-order valence-electron chi connectivity index (χ2n) is 7.53. The highest BCUT2D eigenvalue weighted by Crippen LogP contribution is 2.16. The summed E-state index contributed by atoms with van der Waals surface area (Å²) < 4.78 is 16.5. The third-order valence-corrected chi connectivity index (χ3v) is 5.38. The maximum absolute atomic E-state index is 5.63. The molecule has 0 aromatic carbocycles. The number of likely N-dealkylation sites (tertiary alicyclic amines) is 1. The van der Waals surface area contributed by atoms with Gasteiger partial charge in [0.05, 0.1) is 26.1 Å². The Hall–Kier alpha value is -1.57. The van der Waals surface area contributed by atoms with Crippen LogP contribution in [0.25, 0.3) is 0 Å². The molecule has 0 spiro atoms. The number of nitrogens with zero attached hydrogens (tertiary/aromatic N) is 3. The molecule has 2 fully saturated rings. The molecule has 0 radical (unpaired) electrons. The largest absolute Gasteiger partial charge is 0.469 e. The summed E-state index contributed by atoms with van der Waals surface area (Å²) in [5, 5.41) is 3.56. The Morgan fingerprint density at radius 2 is 2.21 bits per heavy atom. The number of hydrogen-bond donors (Lipinski definition) is 1. The zero-order valence-corrected chi connectivity index (χ0v) is 17.3. The van der Waals surface area contributed by atoms with Gasteiger partial charge < -0.3 is 24.1 Å². The number of hydrogen-bond acceptors (Lipinski definition) is 5. The summed E-state index contributed by atoms with van der Waals surface area (Å²) in [5.41, 5.74) is 0. The number of morpholine rings is 1. The molecule has 1 N–H and O–H groups in total. The van der Waals surface area contributed by atoms with Gasteiger partial charge in [-0.15, -0.1) is 0 Å². The summed E-state index contributed by atoms with van der Waals surface area (Å²) in [6.07, 6.45) is 4.86. The first-order valence-electron chi connectivity index (χ1n) is 10.8. The summed E-state index contributed by atoms with van der Waals surface area (Å²) in [4.78, 5) is 9.78. The number of furan rings is 1. The van der Waals surface area contributed by atoms with Crippen molar-refractivity contribution in [2.75, 3.05) is 72.2 Å². The monoisotopic (exact) mass is 392 g/mol. The highest BCUT2D eigenvalue weighted by Gasteiger charge is 2.25. The average Bonchev–Trinajstić information content (AvgIpc) is 3.41. The van der Waals surface area contributed by atoms with Gasteiger partial charge in [-0.1, -0.05) is 0 Å². The molecule has 1 aromatic heterocycles. The maximum atomic E-state index is 5.63. The van der Waals surface area contributed by atoms with E-state index >= 15 is 0 Å². The molecule has 2 aliphatic rings. The fourth-order valence-electron chi connectivity index (χ4n) is 3.77. The minimum absolute atomic E-state index is 0.602. The smallest absolute Gasteiger partial charge is 0.193 e. The molecule has 3 rings (SSSR count). The Labute approximate surface area is 169 Å². The Morgan fingerprint density at radius 3 is 3.00 bits per heavy atom. The van der Waals surface area contributed by atoms with E-state index in [4.69, 9.17) is 18.9 Å². The number of nitrogens with one attached hydrogen (secondary N) is 1. The first kappa shape index (κ1) is 21.1. The van der Waals surface area contributed by atoms with Crippen molar-refractivity contribution < 1.29 is 13.9 Å². The first-order valence-corrected chi connectivity index (χ1v) is 10.8. The first-order chi connectivity index (χ1) is 13.8. The van der Waals surface area contributed by atoms with Gasteiger partial charge in [-0.3, -0.25) is 9.89 Å². The predicted octanol–water partition coefficient (Wildman–Crippen LogP) is 1.85. The van der Waals surface area contributed by atoms with Crippen molar-refractivity contribution >= 4 is 5.96 Å². The molecule has 7 nitrogen and oxygen atoms in total. The van der Waals surface area contributed by atoms with Crippen LogP contribution in [0.15, 0.2) is 27.8 Å². The van der Waals surface area contributed by atoms with Crippen LogP contribution in [0.5, 0.6) is 0 Å². The van der Waals surface area contributed by atoms with Crippen LogP contribution in [-0.2, 0) is 15.9 Å². The molecule has 7 heteroatoms. The summed E-state index contributed by atoms with van der Waals surface area (Å²) in [6.45, 7) is 12.4. The summed E-state index contributed by atoms with van der Waals surface area (Å²) in [5.74, 6) is 2.65. The van der Waals surface area contributed by atoms with E-state index in [0.717, 1.165) is 96.8 Å². The fraction of sp³-hybridized carbons (Fsp3) is 0.762. The zero-order chi connectivity index (χ0) is 19.4. The Kier molecular flexibility index (Phi) is 9.13. The van der Waals surface area contributed by atoms with E-state index < -0.39 is 0 Å². The highest BCUT2D eigenvalue weighted by molar-refractivity contribution is 5.80. The van der Waals surface area contributed by atoms with Crippen LogP contribution in [0.1, 0.15) is 25.5 Å². The SMILES string of the molecule is CCOCC1CCN(C(=NCCCN2CCOCC2)NCCc2ccco2)C1. The van der Waals surface area contributed by atoms with Gasteiger partial charge in [0.2, 0.25) is 0 Å². The average molecular weight is 393 g/mol. The second-order valence-corrected chi connectivity index (χ2v) is 7.53. The summed E-state index contributed by atoms with van der Waals surface area (Å²) in [6, 6.07) is 3.96. The number of ether oxygens (including phenoxy) is 2. The molecule has 0 amide bonds. The van der Waals surface area contributed by atoms with Gasteiger partial charge in [-0.2, -0.15) is 0 Å². The predicted molar refractivity (Wildman–Crippen MR) is 111 cm³/mol. The number of aliphatic imine (C=N–C) groups is 1. The quantitative estimate of drug-likeness (QED) is 0.373. The van der Waals surface area contributed by atoms with E-state index in [-0.39, 0.29) is 0 Å². The maximum Gasteiger partial charge on any atom is 0.193 e. The van der Waals surface area contributed by atoms with Crippen molar-refractivity contribution in [3.05, 3.63) is 24.2 Å². The number of rotatable bonds is 10. The van der Waals surface area contributed by atoms with Gasteiger partial charge in [0.1, 0.15) is 5.76 Å². The van der Waals surface area contributed by atoms with Crippen molar-refractivity contribution in [2.24, 2.45) is 10.9 Å². The van der Waals surface area contributed by atoms with E-state index in [2.05, 4.69) is 22.0 Å². The topological polar surface area (TPSA) is 62.5 Å². The molecule has 1 unspecified atom stereocenters. The molecule has 0 bridgehead atoms. The van der Waals surface area contributed by atoms with Gasteiger partial charge in [-0.05, 0) is 31.9 Å². The van der Waals surface area contributed by atoms with Crippen molar-refractivity contribution in [1.82, 2.24) is 15.1 Å². The van der Waals surface area contributed by atoms with Crippen LogP contribution in [0, 0.1) is 5.92 Å². The zero-order valence-electron chi connectivity index (χ0n) is 17.3. The van der Waals surface area contributed by atoms with Crippen LogP contribution in [0.2, 0.25) is 0 Å². The van der Waals surface area contributed by atoms with Crippen molar-refractivity contribution in [2.45, 2.75) is 26.2 Å². The van der Waals surface area contributed by atoms with Crippen molar-refractivity contribution in [3.8, 4) is 0 Å². The van der Waals surface area contributed by atoms with Crippen LogP contribution >= 0.6 is 0 Å². The molecule has 0 aliphatic carbocycles. The van der Waals surface area contributed by atoms with E-state index in [9.17, 15) is 0 Å². The van der Waals surface area contributed by atoms with E-state index in [1.165, 1.54) is 6.42 Å². The van der Waals surface area contributed by atoms with Gasteiger partial charge in [-0.25, -0.2) is 0 Å². The summed E-state index contributed by atoms with van der Waals surface area (Å²) >= 11 is 0. The van der Waals surface area contributed by atoms with E-state index in [1.54, 1.807) is 6.26 Å². The van der Waals surface area contributed by atoms with Crippen LogP contribution in [-0.4, -0.2) is 88.0 Å².